The van der Waals surface area contributed by atoms with Gasteiger partial charge in [-0.1, -0.05) is 13.8 Å². The van der Waals surface area contributed by atoms with Gasteiger partial charge in [0.05, 0.1) is 11.8 Å². The maximum absolute atomic E-state index is 13.7. The van der Waals surface area contributed by atoms with E-state index in [2.05, 4.69) is 24.8 Å². The maximum atomic E-state index is 13.7. The third kappa shape index (κ3) is 6.06. The Hall–Kier alpha value is -2.95. The largest absolute Gasteiger partial charge is 0.379 e. The number of hydrogen-bond donors (Lipinski definition) is 3. The van der Waals surface area contributed by atoms with Gasteiger partial charge in [0.15, 0.2) is 11.6 Å². The molecule has 0 saturated heterocycles. The summed E-state index contributed by atoms with van der Waals surface area (Å²) in [6.45, 7) is 4.53. The number of halogens is 1. The van der Waals surface area contributed by atoms with Crippen LogP contribution in [0.3, 0.4) is 0 Å². The number of carbonyl (C=O) groups is 1. The minimum absolute atomic E-state index is 0.100. The predicted octanol–water partition coefficient (Wildman–Crippen LogP) is 1.86. The molecule has 1 aromatic heterocycles. The zero-order valence-electron chi connectivity index (χ0n) is 15.0. The number of aromatic nitrogens is 2. The molecule has 146 valence electrons. The first-order valence-electron chi connectivity index (χ1n) is 7.92. The number of anilines is 3. The molecule has 0 atom stereocenters. The van der Waals surface area contributed by atoms with Gasteiger partial charge in [0.2, 0.25) is 5.95 Å². The lowest BCUT2D eigenvalue weighted by Crippen LogP contribution is -2.18. The lowest BCUT2D eigenvalue weighted by atomic mass is 10.2. The molecule has 0 aliphatic carbocycles. The summed E-state index contributed by atoms with van der Waals surface area (Å²) < 4.78 is 40.7. The van der Waals surface area contributed by atoms with Crippen LogP contribution in [0.4, 0.5) is 21.8 Å². The van der Waals surface area contributed by atoms with E-state index in [0.717, 1.165) is 18.4 Å². The van der Waals surface area contributed by atoms with Crippen LogP contribution >= 0.6 is 0 Å². The van der Waals surface area contributed by atoms with Crippen LogP contribution in [0, 0.1) is 11.7 Å². The molecule has 1 heterocycles. The molecule has 0 aliphatic heterocycles. The van der Waals surface area contributed by atoms with Gasteiger partial charge in [-0.05, 0) is 18.1 Å². The van der Waals surface area contributed by atoms with Gasteiger partial charge in [-0.15, -0.1) is 0 Å². The van der Waals surface area contributed by atoms with E-state index in [9.17, 15) is 17.6 Å². The van der Waals surface area contributed by atoms with Gasteiger partial charge < -0.3 is 20.6 Å². The van der Waals surface area contributed by atoms with Gasteiger partial charge >= 0.3 is 10.1 Å². The molecule has 0 fully saturated rings. The molecule has 0 bridgehead atoms. The van der Waals surface area contributed by atoms with Crippen molar-refractivity contribution < 1.29 is 21.8 Å². The predicted molar refractivity (Wildman–Crippen MR) is 99.0 cm³/mol. The molecule has 2 aromatic rings. The van der Waals surface area contributed by atoms with Crippen molar-refractivity contribution in [1.29, 1.82) is 0 Å². The normalized spacial score (nSPS) is 11.3. The summed E-state index contributed by atoms with van der Waals surface area (Å²) in [5, 5.41) is 5.81. The molecule has 0 radical (unpaired) electrons. The highest BCUT2D eigenvalue weighted by Gasteiger charge is 2.14. The van der Waals surface area contributed by atoms with Crippen molar-refractivity contribution >= 4 is 33.5 Å². The van der Waals surface area contributed by atoms with Crippen LogP contribution in [0.1, 0.15) is 24.2 Å². The van der Waals surface area contributed by atoms with E-state index in [1.165, 1.54) is 12.3 Å². The minimum Gasteiger partial charge on any atom is -0.379 e. The van der Waals surface area contributed by atoms with Crippen LogP contribution in [0.25, 0.3) is 0 Å². The number of amides is 1. The van der Waals surface area contributed by atoms with Gasteiger partial charge in [0, 0.05) is 24.5 Å². The van der Waals surface area contributed by atoms with E-state index in [1.807, 2.05) is 13.8 Å². The van der Waals surface area contributed by atoms with Gasteiger partial charge in [-0.3, -0.25) is 4.79 Å². The molecule has 1 aromatic carbocycles. The Morgan fingerprint density at radius 3 is 2.67 bits per heavy atom. The quantitative estimate of drug-likeness (QED) is 0.574. The smallest absolute Gasteiger partial charge is 0.306 e. The van der Waals surface area contributed by atoms with Crippen LogP contribution < -0.4 is 20.6 Å². The zero-order chi connectivity index (χ0) is 20.2. The highest BCUT2D eigenvalue weighted by Crippen LogP contribution is 2.25. The second-order valence-electron chi connectivity index (χ2n) is 6.15. The summed E-state index contributed by atoms with van der Waals surface area (Å²) in [6.07, 6.45) is 2.07. The molecule has 2 rings (SSSR count). The molecular weight excluding hydrogens is 377 g/mol. The van der Waals surface area contributed by atoms with Crippen LogP contribution in [-0.4, -0.2) is 37.1 Å². The number of hydrogen-bond acceptors (Lipinski definition) is 8. The van der Waals surface area contributed by atoms with Crippen LogP contribution in [-0.2, 0) is 10.1 Å². The molecule has 27 heavy (non-hydrogen) atoms. The SMILES string of the molecule is CC(C)CNc1nc(Nc2ccc(F)c(OS(C)(=O)=O)c2)ncc1C(N)=O. The summed E-state index contributed by atoms with van der Waals surface area (Å²) in [4.78, 5) is 19.7. The number of carbonyl (C=O) groups excluding carboxylic acids is 1. The Bertz CT molecular complexity index is 950. The maximum Gasteiger partial charge on any atom is 0.306 e. The second-order valence-corrected chi connectivity index (χ2v) is 7.73. The first kappa shape index (κ1) is 20.4. The molecule has 0 aliphatic rings. The summed E-state index contributed by atoms with van der Waals surface area (Å²) in [6, 6.07) is 3.55. The van der Waals surface area contributed by atoms with Crippen LogP contribution in [0.15, 0.2) is 24.4 Å². The van der Waals surface area contributed by atoms with Crippen molar-refractivity contribution in [3.8, 4) is 5.75 Å². The van der Waals surface area contributed by atoms with Crippen molar-refractivity contribution in [2.75, 3.05) is 23.4 Å². The van der Waals surface area contributed by atoms with E-state index in [1.54, 1.807) is 0 Å². The summed E-state index contributed by atoms with van der Waals surface area (Å²) in [7, 11) is -3.89. The fourth-order valence-corrected chi connectivity index (χ4v) is 2.45. The number of rotatable bonds is 8. The van der Waals surface area contributed by atoms with E-state index in [-0.39, 0.29) is 23.0 Å². The lowest BCUT2D eigenvalue weighted by Gasteiger charge is -2.13. The Labute approximate surface area is 156 Å². The molecule has 4 N–H and O–H groups in total. The summed E-state index contributed by atoms with van der Waals surface area (Å²) >= 11 is 0. The topological polar surface area (TPSA) is 136 Å². The fraction of sp³-hybridized carbons (Fsp3) is 0.312. The second kappa shape index (κ2) is 8.16. The van der Waals surface area contributed by atoms with Gasteiger partial charge in [0.25, 0.3) is 5.91 Å². The van der Waals surface area contributed by atoms with Gasteiger partial charge in [-0.25, -0.2) is 9.37 Å². The first-order valence-corrected chi connectivity index (χ1v) is 9.73. The number of benzene rings is 1. The van der Waals surface area contributed by atoms with E-state index in [0.29, 0.717) is 12.5 Å². The Morgan fingerprint density at radius 2 is 2.07 bits per heavy atom. The summed E-state index contributed by atoms with van der Waals surface area (Å²) in [5.74, 6) is -1.33. The van der Waals surface area contributed by atoms with Crippen molar-refractivity contribution in [2.24, 2.45) is 11.7 Å². The van der Waals surface area contributed by atoms with Crippen LogP contribution in [0.5, 0.6) is 5.75 Å². The fourth-order valence-electron chi connectivity index (χ4n) is 2.00. The molecule has 1 amide bonds. The zero-order valence-corrected chi connectivity index (χ0v) is 15.8. The molecule has 9 nitrogen and oxygen atoms in total. The monoisotopic (exact) mass is 397 g/mol. The average molecular weight is 397 g/mol. The van der Waals surface area contributed by atoms with Crippen molar-refractivity contribution in [1.82, 2.24) is 9.97 Å². The third-order valence-electron chi connectivity index (χ3n) is 3.16. The van der Waals surface area contributed by atoms with Crippen molar-refractivity contribution in [2.45, 2.75) is 13.8 Å². The molecule has 0 saturated carbocycles. The lowest BCUT2D eigenvalue weighted by molar-refractivity contribution is 0.100. The van der Waals surface area contributed by atoms with Gasteiger partial charge in [0.1, 0.15) is 5.82 Å². The van der Waals surface area contributed by atoms with E-state index >= 15 is 0 Å². The Kier molecular flexibility index (Phi) is 6.16. The highest BCUT2D eigenvalue weighted by atomic mass is 32.2. The molecule has 0 unspecified atom stereocenters. The van der Waals surface area contributed by atoms with Gasteiger partial charge in [-0.2, -0.15) is 13.4 Å². The summed E-state index contributed by atoms with van der Waals surface area (Å²) in [5.41, 5.74) is 5.74. The Balaban J connectivity index is 2.30. The first-order chi connectivity index (χ1) is 12.5. The highest BCUT2D eigenvalue weighted by molar-refractivity contribution is 7.86. The number of nitrogens with one attached hydrogen (secondary N) is 2. The number of primary amides is 1. The van der Waals surface area contributed by atoms with Crippen molar-refractivity contribution in [3.63, 3.8) is 0 Å². The van der Waals surface area contributed by atoms with E-state index < -0.39 is 27.6 Å². The molecular formula is C16H20FN5O4S. The third-order valence-corrected chi connectivity index (χ3v) is 3.64. The Morgan fingerprint density at radius 1 is 1.37 bits per heavy atom. The molecule has 11 heteroatoms. The standard InChI is InChI=1S/C16H20FN5O4S/c1-9(2)7-19-15-11(14(18)23)8-20-16(22-15)21-10-4-5-12(17)13(6-10)26-27(3,24)25/h4-6,8-9H,7H2,1-3H3,(H2,18,23)(H2,19,20,21,22). The van der Waals surface area contributed by atoms with Crippen molar-refractivity contribution in [3.05, 3.63) is 35.8 Å². The van der Waals surface area contributed by atoms with Crippen LogP contribution in [0.2, 0.25) is 0 Å². The number of nitrogens with two attached hydrogens (primary N) is 1. The minimum atomic E-state index is -3.89. The molecule has 0 spiro atoms. The number of nitrogens with zero attached hydrogens (tertiary/aromatic N) is 2. The van der Waals surface area contributed by atoms with E-state index in [4.69, 9.17) is 5.73 Å². The average Bonchev–Trinajstić information content (AvgIpc) is 2.54.